The van der Waals surface area contributed by atoms with Gasteiger partial charge in [-0.3, -0.25) is 4.99 Å². The lowest BCUT2D eigenvalue weighted by atomic mass is 10.1. The van der Waals surface area contributed by atoms with Crippen LogP contribution in [-0.2, 0) is 11.3 Å². The molecule has 0 aromatic carbocycles. The summed E-state index contributed by atoms with van der Waals surface area (Å²) in [5, 5.41) is 6.76. The number of hydrogen-bond acceptors (Lipinski definition) is 4. The molecule has 140 valence electrons. The number of aromatic nitrogens is 1. The van der Waals surface area contributed by atoms with Crippen LogP contribution in [0.5, 0.6) is 0 Å². The van der Waals surface area contributed by atoms with Gasteiger partial charge in [-0.25, -0.2) is 4.98 Å². The molecule has 0 spiro atoms. The summed E-state index contributed by atoms with van der Waals surface area (Å²) in [6, 6.07) is 4.20. The van der Waals surface area contributed by atoms with E-state index in [4.69, 9.17) is 4.74 Å². The van der Waals surface area contributed by atoms with Crippen molar-refractivity contribution >= 4 is 11.8 Å². The lowest BCUT2D eigenvalue weighted by Crippen LogP contribution is -2.41. The van der Waals surface area contributed by atoms with Gasteiger partial charge in [0, 0.05) is 39.4 Å². The van der Waals surface area contributed by atoms with Crippen LogP contribution < -0.4 is 15.5 Å². The number of nitrogens with zero attached hydrogens (tertiary/aromatic N) is 3. The molecule has 1 aromatic heterocycles. The Kier molecular flexibility index (Phi) is 7.98. The maximum Gasteiger partial charge on any atom is 0.191 e. The second-order valence-electron chi connectivity index (χ2n) is 7.04. The number of morpholine rings is 1. The Morgan fingerprint density at radius 2 is 2.28 bits per heavy atom. The fraction of sp³-hybridized carbons (Fsp3) is 0.684. The Balaban J connectivity index is 1.82. The van der Waals surface area contributed by atoms with Gasteiger partial charge in [-0.2, -0.15) is 0 Å². The topological polar surface area (TPSA) is 61.8 Å². The van der Waals surface area contributed by atoms with Gasteiger partial charge < -0.3 is 20.3 Å². The first kappa shape index (κ1) is 19.5. The molecule has 1 atom stereocenters. The summed E-state index contributed by atoms with van der Waals surface area (Å²) in [6.07, 6.45) is 4.53. The van der Waals surface area contributed by atoms with E-state index >= 15 is 0 Å². The monoisotopic (exact) mass is 347 g/mol. The van der Waals surface area contributed by atoms with Gasteiger partial charge in [0.2, 0.25) is 0 Å². The number of nitrogens with one attached hydrogen (secondary N) is 2. The highest BCUT2D eigenvalue weighted by atomic mass is 16.5. The highest BCUT2D eigenvalue weighted by molar-refractivity contribution is 5.79. The Labute approximate surface area is 152 Å². The van der Waals surface area contributed by atoms with Gasteiger partial charge in [0.1, 0.15) is 5.82 Å². The van der Waals surface area contributed by atoms with Crippen molar-refractivity contribution in [3.63, 3.8) is 0 Å². The minimum atomic E-state index is 0.256. The van der Waals surface area contributed by atoms with Crippen LogP contribution >= 0.6 is 0 Å². The number of pyridine rings is 1. The zero-order chi connectivity index (χ0) is 18.1. The second kappa shape index (κ2) is 10.2. The smallest absolute Gasteiger partial charge is 0.191 e. The molecule has 0 radical (unpaired) electrons. The SMILES string of the molecule is CN=C(NCCCC(C)C)NCc1ccnc(N2CCOC(C)C2)c1. The quantitative estimate of drug-likeness (QED) is 0.451. The van der Waals surface area contributed by atoms with E-state index in [-0.39, 0.29) is 6.10 Å². The highest BCUT2D eigenvalue weighted by Crippen LogP contribution is 2.16. The van der Waals surface area contributed by atoms with Crippen LogP contribution in [-0.4, -0.2) is 50.3 Å². The predicted octanol–water partition coefficient (Wildman–Crippen LogP) is 2.41. The molecule has 2 N–H and O–H groups in total. The van der Waals surface area contributed by atoms with Crippen LogP contribution in [0.3, 0.4) is 0 Å². The van der Waals surface area contributed by atoms with Crippen molar-refractivity contribution in [2.24, 2.45) is 10.9 Å². The summed E-state index contributed by atoms with van der Waals surface area (Å²) in [7, 11) is 1.81. The van der Waals surface area contributed by atoms with Crippen LogP contribution in [0.25, 0.3) is 0 Å². The van der Waals surface area contributed by atoms with Crippen molar-refractivity contribution in [3.8, 4) is 0 Å². The number of rotatable bonds is 7. The van der Waals surface area contributed by atoms with E-state index in [9.17, 15) is 0 Å². The molecule has 1 aromatic rings. The number of guanidine groups is 1. The Bertz CT molecular complexity index is 546. The first-order valence-electron chi connectivity index (χ1n) is 9.34. The van der Waals surface area contributed by atoms with E-state index in [2.05, 4.69) is 52.3 Å². The first-order chi connectivity index (χ1) is 12.1. The molecule has 1 aliphatic heterocycles. The van der Waals surface area contributed by atoms with Gasteiger partial charge in [-0.1, -0.05) is 13.8 Å². The molecule has 1 unspecified atom stereocenters. The van der Waals surface area contributed by atoms with Gasteiger partial charge in [0.25, 0.3) is 0 Å². The molecule has 25 heavy (non-hydrogen) atoms. The molecule has 1 saturated heterocycles. The van der Waals surface area contributed by atoms with E-state index in [0.29, 0.717) is 0 Å². The molecule has 0 amide bonds. The largest absolute Gasteiger partial charge is 0.375 e. The second-order valence-corrected chi connectivity index (χ2v) is 7.04. The summed E-state index contributed by atoms with van der Waals surface area (Å²) in [5.41, 5.74) is 1.20. The number of anilines is 1. The van der Waals surface area contributed by atoms with E-state index in [0.717, 1.165) is 56.9 Å². The number of aliphatic imine (C=N–C) groups is 1. The molecular weight excluding hydrogens is 314 g/mol. The van der Waals surface area contributed by atoms with Crippen LogP contribution in [0, 0.1) is 5.92 Å². The molecule has 0 saturated carbocycles. The zero-order valence-corrected chi connectivity index (χ0v) is 16.1. The summed E-state index contributed by atoms with van der Waals surface area (Å²) in [5.74, 6) is 2.62. The van der Waals surface area contributed by atoms with Crippen LogP contribution in [0.1, 0.15) is 39.2 Å². The molecule has 1 fully saturated rings. The fourth-order valence-electron chi connectivity index (χ4n) is 2.89. The standard InChI is InChI=1S/C19H33N5O/c1-15(2)6-5-8-22-19(20-4)23-13-17-7-9-21-18(12-17)24-10-11-25-16(3)14-24/h7,9,12,15-16H,5-6,8,10-11,13-14H2,1-4H3,(H2,20,22,23). The summed E-state index contributed by atoms with van der Waals surface area (Å²) >= 11 is 0. The van der Waals surface area contributed by atoms with Gasteiger partial charge in [0.05, 0.1) is 12.7 Å². The van der Waals surface area contributed by atoms with Crippen molar-refractivity contribution < 1.29 is 4.74 Å². The normalized spacial score (nSPS) is 18.5. The molecular formula is C19H33N5O. The Morgan fingerprint density at radius 3 is 3.00 bits per heavy atom. The van der Waals surface area contributed by atoms with E-state index in [1.165, 1.54) is 12.0 Å². The molecule has 0 aliphatic carbocycles. The third kappa shape index (κ3) is 6.90. The van der Waals surface area contributed by atoms with E-state index in [1.807, 2.05) is 19.3 Å². The van der Waals surface area contributed by atoms with Gasteiger partial charge >= 0.3 is 0 Å². The van der Waals surface area contributed by atoms with Gasteiger partial charge in [0.15, 0.2) is 5.96 Å². The number of ether oxygens (including phenoxy) is 1. The average Bonchev–Trinajstić information content (AvgIpc) is 2.61. The van der Waals surface area contributed by atoms with E-state index in [1.54, 1.807) is 0 Å². The molecule has 1 aliphatic rings. The molecule has 6 heteroatoms. The van der Waals surface area contributed by atoms with Crippen molar-refractivity contribution in [2.45, 2.75) is 46.3 Å². The maximum absolute atomic E-state index is 5.61. The number of hydrogen-bond donors (Lipinski definition) is 2. The predicted molar refractivity (Wildman–Crippen MR) is 104 cm³/mol. The molecule has 2 rings (SSSR count). The lowest BCUT2D eigenvalue weighted by molar-refractivity contribution is 0.0529. The van der Waals surface area contributed by atoms with Gasteiger partial charge in [-0.15, -0.1) is 0 Å². The van der Waals surface area contributed by atoms with Crippen LogP contribution in [0.2, 0.25) is 0 Å². The fourth-order valence-corrected chi connectivity index (χ4v) is 2.89. The van der Waals surface area contributed by atoms with Crippen molar-refractivity contribution in [3.05, 3.63) is 23.9 Å². The first-order valence-corrected chi connectivity index (χ1v) is 9.34. The Hall–Kier alpha value is -1.82. The molecule has 2 heterocycles. The summed E-state index contributed by atoms with van der Waals surface area (Å²) in [4.78, 5) is 11.1. The van der Waals surface area contributed by atoms with Crippen molar-refractivity contribution in [1.29, 1.82) is 0 Å². The minimum Gasteiger partial charge on any atom is -0.375 e. The minimum absolute atomic E-state index is 0.256. The van der Waals surface area contributed by atoms with Crippen LogP contribution in [0.4, 0.5) is 5.82 Å². The van der Waals surface area contributed by atoms with Gasteiger partial charge in [-0.05, 0) is 43.4 Å². The average molecular weight is 348 g/mol. The highest BCUT2D eigenvalue weighted by Gasteiger charge is 2.17. The lowest BCUT2D eigenvalue weighted by Gasteiger charge is -2.32. The van der Waals surface area contributed by atoms with Crippen LogP contribution in [0.15, 0.2) is 23.3 Å². The summed E-state index contributed by atoms with van der Waals surface area (Å²) in [6.45, 7) is 10.8. The maximum atomic E-state index is 5.61. The summed E-state index contributed by atoms with van der Waals surface area (Å²) < 4.78 is 5.61. The molecule has 6 nitrogen and oxygen atoms in total. The third-order valence-electron chi connectivity index (χ3n) is 4.31. The zero-order valence-electron chi connectivity index (χ0n) is 16.1. The van der Waals surface area contributed by atoms with Crippen molar-refractivity contribution in [2.75, 3.05) is 38.2 Å². The van der Waals surface area contributed by atoms with E-state index < -0.39 is 0 Å². The third-order valence-corrected chi connectivity index (χ3v) is 4.31. The van der Waals surface area contributed by atoms with Crippen molar-refractivity contribution in [1.82, 2.24) is 15.6 Å². The Morgan fingerprint density at radius 1 is 1.44 bits per heavy atom. The molecule has 0 bridgehead atoms.